The number of carbonyl (C=O) groups is 1. The van der Waals surface area contributed by atoms with Crippen LogP contribution in [0.1, 0.15) is 33.6 Å². The molecular formula is C11H22N2O2. The Balaban J connectivity index is 2.66. The Morgan fingerprint density at radius 3 is 2.53 bits per heavy atom. The van der Waals surface area contributed by atoms with E-state index in [1.165, 1.54) is 0 Å². The molecular weight excluding hydrogens is 192 g/mol. The van der Waals surface area contributed by atoms with E-state index in [2.05, 4.69) is 25.7 Å². The van der Waals surface area contributed by atoms with Gasteiger partial charge in [-0.15, -0.1) is 0 Å². The highest BCUT2D eigenvalue weighted by Crippen LogP contribution is 2.25. The minimum absolute atomic E-state index is 0.453. The molecule has 3 N–H and O–H groups in total. The van der Waals surface area contributed by atoms with Gasteiger partial charge in [0.25, 0.3) is 0 Å². The fraction of sp³-hybridized carbons (Fsp3) is 0.909. The van der Waals surface area contributed by atoms with Crippen LogP contribution in [0.3, 0.4) is 0 Å². The second kappa shape index (κ2) is 4.49. The molecule has 0 saturated carbocycles. The minimum Gasteiger partial charge on any atom is -0.480 e. The van der Waals surface area contributed by atoms with Crippen LogP contribution in [0.15, 0.2) is 0 Å². The zero-order valence-electron chi connectivity index (χ0n) is 9.86. The zero-order valence-corrected chi connectivity index (χ0v) is 9.86. The molecule has 2 atom stereocenters. The Hall–Kier alpha value is -0.610. The lowest BCUT2D eigenvalue weighted by Crippen LogP contribution is -2.51. The van der Waals surface area contributed by atoms with Crippen LogP contribution in [0.4, 0.5) is 0 Å². The third-order valence-corrected chi connectivity index (χ3v) is 3.41. The first kappa shape index (κ1) is 12.5. The average molecular weight is 214 g/mol. The molecule has 0 aromatic carbocycles. The van der Waals surface area contributed by atoms with Crippen LogP contribution in [0.2, 0.25) is 0 Å². The first-order valence-corrected chi connectivity index (χ1v) is 5.67. The van der Waals surface area contributed by atoms with Crippen molar-refractivity contribution in [2.75, 3.05) is 13.1 Å². The van der Waals surface area contributed by atoms with Gasteiger partial charge in [0, 0.05) is 19.1 Å². The molecule has 1 aliphatic rings. The van der Waals surface area contributed by atoms with Crippen LogP contribution in [0.25, 0.3) is 0 Å². The topological polar surface area (TPSA) is 66.6 Å². The zero-order chi connectivity index (χ0) is 11.6. The van der Waals surface area contributed by atoms with Gasteiger partial charge < -0.3 is 10.8 Å². The van der Waals surface area contributed by atoms with E-state index < -0.39 is 11.5 Å². The van der Waals surface area contributed by atoms with Crippen molar-refractivity contribution in [3.8, 4) is 0 Å². The van der Waals surface area contributed by atoms with Crippen molar-refractivity contribution in [1.82, 2.24) is 4.90 Å². The Labute approximate surface area is 91.4 Å². The Bertz CT molecular complexity index is 243. The number of rotatable bonds is 4. The largest absolute Gasteiger partial charge is 0.480 e. The number of aliphatic carboxylic acids is 1. The van der Waals surface area contributed by atoms with E-state index in [1.807, 2.05) is 0 Å². The fourth-order valence-electron chi connectivity index (χ4n) is 2.47. The summed E-state index contributed by atoms with van der Waals surface area (Å²) in [6.45, 7) is 7.78. The van der Waals surface area contributed by atoms with Gasteiger partial charge in [-0.3, -0.25) is 9.69 Å². The van der Waals surface area contributed by atoms with Gasteiger partial charge in [0.2, 0.25) is 0 Å². The number of carboxylic acids is 1. The van der Waals surface area contributed by atoms with Crippen molar-refractivity contribution >= 4 is 5.97 Å². The van der Waals surface area contributed by atoms with Crippen LogP contribution in [0.5, 0.6) is 0 Å². The Morgan fingerprint density at radius 2 is 2.20 bits per heavy atom. The van der Waals surface area contributed by atoms with E-state index in [4.69, 9.17) is 10.8 Å². The van der Waals surface area contributed by atoms with E-state index in [0.717, 1.165) is 13.0 Å². The third-order valence-electron chi connectivity index (χ3n) is 3.41. The molecule has 4 nitrogen and oxygen atoms in total. The van der Waals surface area contributed by atoms with E-state index in [9.17, 15) is 4.79 Å². The Morgan fingerprint density at radius 1 is 1.60 bits per heavy atom. The summed E-state index contributed by atoms with van der Waals surface area (Å²) >= 11 is 0. The smallest absolute Gasteiger partial charge is 0.325 e. The lowest BCUT2D eigenvalue weighted by molar-refractivity contribution is -0.142. The highest BCUT2D eigenvalue weighted by molar-refractivity contribution is 5.79. The van der Waals surface area contributed by atoms with E-state index in [1.54, 1.807) is 0 Å². The number of hydrogen-bond donors (Lipinski definition) is 2. The molecule has 0 radical (unpaired) electrons. The number of carboxylic acid groups (broad SMARTS) is 1. The summed E-state index contributed by atoms with van der Waals surface area (Å²) in [5, 5.41) is 9.03. The van der Waals surface area contributed by atoms with Crippen molar-refractivity contribution in [2.24, 2.45) is 11.7 Å². The molecule has 88 valence electrons. The SMILES string of the molecule is CCC(C(C)C)N1CCC(N)(C(=O)O)C1. The standard InChI is InChI=1S/C11H22N2O2/c1-4-9(8(2)3)13-6-5-11(12,7-13)10(14)15/h8-9H,4-7,12H2,1-3H3,(H,14,15). The van der Waals surface area contributed by atoms with Crippen molar-refractivity contribution < 1.29 is 9.90 Å². The van der Waals surface area contributed by atoms with Crippen LogP contribution in [-0.2, 0) is 4.79 Å². The second-order valence-electron chi connectivity index (χ2n) is 4.90. The molecule has 1 heterocycles. The number of nitrogens with zero attached hydrogens (tertiary/aromatic N) is 1. The molecule has 1 saturated heterocycles. The van der Waals surface area contributed by atoms with Gasteiger partial charge in [-0.1, -0.05) is 20.8 Å². The maximum atomic E-state index is 11.0. The van der Waals surface area contributed by atoms with E-state index in [0.29, 0.717) is 24.9 Å². The van der Waals surface area contributed by atoms with Gasteiger partial charge in [0.1, 0.15) is 5.54 Å². The van der Waals surface area contributed by atoms with Crippen molar-refractivity contribution in [3.05, 3.63) is 0 Å². The molecule has 0 bridgehead atoms. The molecule has 0 aromatic rings. The van der Waals surface area contributed by atoms with Gasteiger partial charge in [-0.2, -0.15) is 0 Å². The summed E-state index contributed by atoms with van der Waals surface area (Å²) in [6.07, 6.45) is 1.61. The van der Waals surface area contributed by atoms with E-state index >= 15 is 0 Å². The molecule has 2 unspecified atom stereocenters. The maximum absolute atomic E-state index is 11.0. The lowest BCUT2D eigenvalue weighted by atomic mass is 9.99. The molecule has 0 amide bonds. The summed E-state index contributed by atoms with van der Waals surface area (Å²) in [6, 6.07) is 0.453. The summed E-state index contributed by atoms with van der Waals surface area (Å²) in [5.41, 5.74) is 4.82. The third kappa shape index (κ3) is 2.49. The van der Waals surface area contributed by atoms with Gasteiger partial charge >= 0.3 is 5.97 Å². The van der Waals surface area contributed by atoms with Crippen molar-refractivity contribution in [1.29, 1.82) is 0 Å². The Kier molecular flexibility index (Phi) is 3.73. The quantitative estimate of drug-likeness (QED) is 0.730. The molecule has 1 fully saturated rings. The molecule has 4 heteroatoms. The monoisotopic (exact) mass is 214 g/mol. The number of likely N-dealkylation sites (tertiary alicyclic amines) is 1. The van der Waals surface area contributed by atoms with E-state index in [-0.39, 0.29) is 0 Å². The van der Waals surface area contributed by atoms with Gasteiger partial charge in [-0.25, -0.2) is 0 Å². The summed E-state index contributed by atoms with van der Waals surface area (Å²) < 4.78 is 0. The van der Waals surface area contributed by atoms with Gasteiger partial charge in [-0.05, 0) is 18.8 Å². The molecule has 0 aromatic heterocycles. The highest BCUT2D eigenvalue weighted by Gasteiger charge is 2.43. The summed E-state index contributed by atoms with van der Waals surface area (Å²) in [5.74, 6) is -0.324. The molecule has 1 aliphatic heterocycles. The van der Waals surface area contributed by atoms with Crippen LogP contribution >= 0.6 is 0 Å². The lowest BCUT2D eigenvalue weighted by Gasteiger charge is -2.31. The van der Waals surface area contributed by atoms with Crippen molar-refractivity contribution in [3.63, 3.8) is 0 Å². The predicted octanol–water partition coefficient (Wildman–Crippen LogP) is 0.909. The number of nitrogens with two attached hydrogens (primary N) is 1. The first-order chi connectivity index (χ1) is 6.90. The van der Waals surface area contributed by atoms with Gasteiger partial charge in [0.15, 0.2) is 0 Å². The normalized spacial score (nSPS) is 29.7. The second-order valence-corrected chi connectivity index (χ2v) is 4.90. The van der Waals surface area contributed by atoms with Crippen LogP contribution in [0, 0.1) is 5.92 Å². The molecule has 15 heavy (non-hydrogen) atoms. The summed E-state index contributed by atoms with van der Waals surface area (Å²) in [7, 11) is 0. The summed E-state index contributed by atoms with van der Waals surface area (Å²) in [4.78, 5) is 13.2. The maximum Gasteiger partial charge on any atom is 0.325 e. The molecule has 0 spiro atoms. The van der Waals surface area contributed by atoms with Gasteiger partial charge in [0.05, 0.1) is 0 Å². The average Bonchev–Trinajstić information content (AvgIpc) is 2.50. The van der Waals surface area contributed by atoms with Crippen LogP contribution in [-0.4, -0.2) is 40.6 Å². The highest BCUT2D eigenvalue weighted by atomic mass is 16.4. The fourth-order valence-corrected chi connectivity index (χ4v) is 2.47. The predicted molar refractivity (Wildman–Crippen MR) is 59.7 cm³/mol. The molecule has 0 aliphatic carbocycles. The molecule has 1 rings (SSSR count). The minimum atomic E-state index is -1.03. The number of hydrogen-bond acceptors (Lipinski definition) is 3. The van der Waals surface area contributed by atoms with Crippen LogP contribution < -0.4 is 5.73 Å². The van der Waals surface area contributed by atoms with Crippen molar-refractivity contribution in [2.45, 2.75) is 45.2 Å². The first-order valence-electron chi connectivity index (χ1n) is 5.67.